The molecular weight excluding hydrogens is 1030 g/mol. The summed E-state index contributed by atoms with van der Waals surface area (Å²) in [4.78, 5) is 56.0. The lowest BCUT2D eigenvalue weighted by molar-refractivity contribution is 0.0626. The first kappa shape index (κ1) is 43.3. The van der Waals surface area contributed by atoms with Gasteiger partial charge in [-0.3, -0.25) is 14.4 Å². The Kier molecular flexibility index (Phi) is 11.6. The second-order valence-corrected chi connectivity index (χ2v) is 18.1. The summed E-state index contributed by atoms with van der Waals surface area (Å²) in [5, 5.41) is 29.9. The predicted molar refractivity (Wildman–Crippen MR) is 243 cm³/mol. The molecule has 336 valence electrons. The van der Waals surface area contributed by atoms with Gasteiger partial charge in [0.2, 0.25) is 0 Å². The first-order chi connectivity index (χ1) is 31.9. The maximum absolute atomic E-state index is 12.8. The second-order valence-electron chi connectivity index (χ2n) is 15.4. The number of hydrogen-bond acceptors (Lipinski definition) is 13. The average molecular weight is 1060 g/mol. The number of rotatable bonds is 3. The van der Waals surface area contributed by atoms with Crippen LogP contribution in [0.4, 0.5) is 0 Å². The fourth-order valence-electron chi connectivity index (χ4n) is 8.05. The highest BCUT2D eigenvalue weighted by atomic mass is 79.9. The van der Waals surface area contributed by atoms with Crippen LogP contribution >= 0.6 is 55.1 Å². The van der Waals surface area contributed by atoms with Gasteiger partial charge in [0.25, 0.3) is 17.7 Å². The van der Waals surface area contributed by atoms with E-state index in [-0.39, 0.29) is 29.8 Å². The van der Waals surface area contributed by atoms with E-state index in [2.05, 4.69) is 82.5 Å². The molecule has 26 heteroatoms. The highest BCUT2D eigenvalue weighted by molar-refractivity contribution is 9.10. The normalized spacial score (nSPS) is 16.6. The third-order valence-corrected chi connectivity index (χ3v) is 12.8. The van der Waals surface area contributed by atoms with Crippen molar-refractivity contribution in [1.29, 1.82) is 0 Å². The van der Waals surface area contributed by atoms with Crippen molar-refractivity contribution in [3.05, 3.63) is 134 Å². The maximum Gasteiger partial charge on any atom is 0.275 e. The quantitative estimate of drug-likeness (QED) is 0.226. The van der Waals surface area contributed by atoms with Gasteiger partial charge in [-0.05, 0) is 57.8 Å². The van der Waals surface area contributed by atoms with E-state index in [4.69, 9.17) is 23.2 Å². The number of carbonyl (C=O) groups excluding carboxylic acids is 3. The Morgan fingerprint density at radius 2 is 1.17 bits per heavy atom. The molecule has 0 spiro atoms. The molecule has 0 saturated heterocycles. The highest BCUT2D eigenvalue weighted by Gasteiger charge is 2.33. The maximum atomic E-state index is 12.8. The molecule has 3 amide bonds. The number of fused-ring (bicyclic) bond motifs is 6. The van der Waals surface area contributed by atoms with E-state index < -0.39 is 0 Å². The molecule has 0 fully saturated rings. The molecule has 3 aliphatic rings. The number of carbonyl (C=O) groups is 3. The Hall–Kier alpha value is -6.63. The Morgan fingerprint density at radius 3 is 1.83 bits per heavy atom. The number of halogens is 4. The molecular formula is C40H35Br2Cl2N19O3. The number of aromatic nitrogens is 16. The third-order valence-electron chi connectivity index (χ3n) is 11.4. The number of hydrogen-bond donors (Lipinski definition) is 0. The van der Waals surface area contributed by atoms with E-state index in [1.165, 1.54) is 10.7 Å². The summed E-state index contributed by atoms with van der Waals surface area (Å²) in [6, 6.07) is 8.68. The molecule has 0 radical (unpaired) electrons. The van der Waals surface area contributed by atoms with Crippen LogP contribution in [-0.2, 0) is 26.2 Å². The standard InChI is InChI=1S/C15H13Cl2N5O.C13H12BrN7O.C12H10BrN7O/c1-9-12-2-3-13(17)21(12)5-4-20(9)15(23)11-6-14-18-7-10(16)8-22(14)19-11;1-8-12-17-16-7-19(12)2-3-20(8)13(22)10-4-11-15-5-9(14)6-21(11)18-10;13-8-4-14-10-3-9(17-20(10)5-8)12(21)18-1-2-19-7-15-16-11(19)6-18/h2-3,6-9H,4-5H2,1H3;4-8H,2-3H2,1H3;3-5,7H,1-2,6H2. The molecule has 3 aliphatic heterocycles. The van der Waals surface area contributed by atoms with Crippen molar-refractivity contribution < 1.29 is 14.4 Å². The van der Waals surface area contributed by atoms with E-state index in [9.17, 15) is 14.4 Å². The fourth-order valence-corrected chi connectivity index (χ4v) is 9.03. The number of amides is 3. The Balaban J connectivity index is 0.000000116. The summed E-state index contributed by atoms with van der Waals surface area (Å²) in [7, 11) is 0. The van der Waals surface area contributed by atoms with Crippen molar-refractivity contribution in [2.24, 2.45) is 0 Å². The lowest BCUT2D eigenvalue weighted by Crippen LogP contribution is -2.41. The molecule has 0 aliphatic carbocycles. The minimum atomic E-state index is -0.131. The van der Waals surface area contributed by atoms with E-state index in [0.717, 1.165) is 26.3 Å². The van der Waals surface area contributed by atoms with Crippen molar-refractivity contribution in [2.45, 2.75) is 52.1 Å². The Labute approximate surface area is 400 Å². The summed E-state index contributed by atoms with van der Waals surface area (Å²) in [6.45, 7) is 8.26. The van der Waals surface area contributed by atoms with Crippen molar-refractivity contribution >= 4 is 89.7 Å². The summed E-state index contributed by atoms with van der Waals surface area (Å²) in [6.07, 6.45) is 13.4. The topological polar surface area (TPSA) is 218 Å². The lowest BCUT2D eigenvalue weighted by Gasteiger charge is -2.34. The number of nitrogens with zero attached hydrogens (tertiary/aromatic N) is 19. The molecule has 9 aromatic rings. The van der Waals surface area contributed by atoms with E-state index in [1.54, 1.807) is 85.6 Å². The Bertz CT molecular complexity index is 3320. The molecule has 22 nitrogen and oxygen atoms in total. The van der Waals surface area contributed by atoms with Gasteiger partial charge in [-0.1, -0.05) is 23.2 Å². The van der Waals surface area contributed by atoms with Crippen LogP contribution in [0.2, 0.25) is 10.2 Å². The molecule has 0 bridgehead atoms. The van der Waals surface area contributed by atoms with Gasteiger partial charge in [0.15, 0.2) is 45.7 Å². The Morgan fingerprint density at radius 1 is 0.621 bits per heavy atom. The molecule has 2 atom stereocenters. The second kappa shape index (κ2) is 17.6. The van der Waals surface area contributed by atoms with Gasteiger partial charge in [-0.2, -0.15) is 15.3 Å². The monoisotopic (exact) mass is 1060 g/mol. The lowest BCUT2D eigenvalue weighted by atomic mass is 10.1. The molecule has 12 rings (SSSR count). The van der Waals surface area contributed by atoms with Crippen molar-refractivity contribution in [2.75, 3.05) is 19.6 Å². The van der Waals surface area contributed by atoms with Crippen LogP contribution in [0.1, 0.15) is 74.7 Å². The summed E-state index contributed by atoms with van der Waals surface area (Å²) >= 11 is 18.7. The summed E-state index contributed by atoms with van der Waals surface area (Å²) in [5.41, 5.74) is 4.02. The predicted octanol–water partition coefficient (Wildman–Crippen LogP) is 5.09. The van der Waals surface area contributed by atoms with Crippen molar-refractivity contribution in [3.8, 4) is 0 Å². The highest BCUT2D eigenvalue weighted by Crippen LogP contribution is 2.31. The molecule has 66 heavy (non-hydrogen) atoms. The minimum Gasteiger partial charge on any atom is -0.332 e. The van der Waals surface area contributed by atoms with Crippen molar-refractivity contribution in [1.82, 2.24) is 92.6 Å². The SMILES string of the molecule is CC1c2ccc(Cl)n2CCN1C(=O)c1cc2ncc(Cl)cn2n1.CC1c2nncn2CCN1C(=O)c1cc2ncc(Br)cn2n1.O=C(c1cc2ncc(Br)cn2n1)N1CCn2cnnc2C1. The van der Waals surface area contributed by atoms with Gasteiger partial charge in [-0.15, -0.1) is 20.4 Å². The third kappa shape index (κ3) is 8.28. The molecule has 0 aromatic carbocycles. The van der Waals surface area contributed by atoms with Gasteiger partial charge in [-0.25, -0.2) is 28.5 Å². The molecule has 2 unspecified atom stereocenters. The van der Waals surface area contributed by atoms with Gasteiger partial charge < -0.3 is 28.4 Å². The zero-order chi connectivity index (χ0) is 45.8. The van der Waals surface area contributed by atoms with Crippen LogP contribution in [0, 0.1) is 0 Å². The first-order valence-electron chi connectivity index (χ1n) is 20.4. The molecule has 9 aromatic heterocycles. The molecule has 0 N–H and O–H groups in total. The fraction of sp³-hybridized carbons (Fsp3) is 0.275. The van der Waals surface area contributed by atoms with Crippen LogP contribution in [0.15, 0.2) is 89.1 Å². The van der Waals surface area contributed by atoms with Gasteiger partial charge in [0.05, 0.1) is 38.8 Å². The minimum absolute atomic E-state index is 0.0647. The van der Waals surface area contributed by atoms with Crippen LogP contribution < -0.4 is 0 Å². The largest absolute Gasteiger partial charge is 0.332 e. The molecule has 12 heterocycles. The van der Waals surface area contributed by atoms with Crippen LogP contribution in [-0.4, -0.2) is 130 Å². The zero-order valence-corrected chi connectivity index (χ0v) is 39.5. The van der Waals surface area contributed by atoms with E-state index in [0.29, 0.717) is 90.0 Å². The zero-order valence-electron chi connectivity index (χ0n) is 34.8. The van der Waals surface area contributed by atoms with Gasteiger partial charge in [0, 0.05) is 94.1 Å². The first-order valence-corrected chi connectivity index (χ1v) is 22.8. The van der Waals surface area contributed by atoms with Crippen LogP contribution in [0.5, 0.6) is 0 Å². The van der Waals surface area contributed by atoms with Gasteiger partial charge >= 0.3 is 0 Å². The van der Waals surface area contributed by atoms with E-state index >= 15 is 0 Å². The van der Waals surface area contributed by atoms with Gasteiger partial charge in [0.1, 0.15) is 17.8 Å². The average Bonchev–Trinajstić information content (AvgIpc) is 4.18. The van der Waals surface area contributed by atoms with E-state index in [1.807, 2.05) is 39.7 Å². The van der Waals surface area contributed by atoms with Crippen molar-refractivity contribution in [3.63, 3.8) is 0 Å². The van der Waals surface area contributed by atoms with Crippen LogP contribution in [0.3, 0.4) is 0 Å². The smallest absolute Gasteiger partial charge is 0.275 e. The summed E-state index contributed by atoms with van der Waals surface area (Å²) in [5.74, 6) is 1.22. The summed E-state index contributed by atoms with van der Waals surface area (Å²) < 4.78 is 12.3. The van der Waals surface area contributed by atoms with Crippen LogP contribution in [0.25, 0.3) is 16.9 Å². The molecule has 0 saturated carbocycles.